The third-order valence-electron chi connectivity index (χ3n) is 4.60. The zero-order valence-corrected chi connectivity index (χ0v) is 14.2. The highest BCUT2D eigenvalue weighted by atomic mass is 16.2. The molecule has 2 heterocycles. The van der Waals surface area contributed by atoms with Crippen LogP contribution < -0.4 is 4.90 Å². The van der Waals surface area contributed by atoms with Crippen LogP contribution in [-0.4, -0.2) is 40.7 Å². The molecular weight excluding hydrogens is 330 g/mol. The van der Waals surface area contributed by atoms with Crippen molar-refractivity contribution in [3.8, 4) is 0 Å². The Labute approximate surface area is 150 Å². The Morgan fingerprint density at radius 3 is 2.50 bits per heavy atom. The Balaban J connectivity index is 1.60. The van der Waals surface area contributed by atoms with E-state index in [0.29, 0.717) is 11.3 Å². The zero-order chi connectivity index (χ0) is 18.3. The van der Waals surface area contributed by atoms with E-state index in [0.717, 1.165) is 21.5 Å². The molecule has 6 nitrogen and oxygen atoms in total. The number of aromatic nitrogens is 1. The van der Waals surface area contributed by atoms with Crippen molar-refractivity contribution < 1.29 is 14.4 Å². The molecule has 4 rings (SSSR count). The molecule has 3 amide bonds. The predicted molar refractivity (Wildman–Crippen MR) is 98.3 cm³/mol. The molecule has 3 aromatic rings. The molecule has 130 valence electrons. The maximum Gasteiger partial charge on any atom is 0.332 e. The number of nitrogens with zero attached hydrogens (tertiary/aromatic N) is 2. The van der Waals surface area contributed by atoms with E-state index < -0.39 is 6.03 Å². The summed E-state index contributed by atoms with van der Waals surface area (Å²) >= 11 is 0. The minimum Gasteiger partial charge on any atom is -0.358 e. The Bertz CT molecular complexity index is 1020. The van der Waals surface area contributed by atoms with Crippen LogP contribution in [0.2, 0.25) is 0 Å². The van der Waals surface area contributed by atoms with Gasteiger partial charge in [-0.25, -0.2) is 4.79 Å². The number of hydrogen-bond donors (Lipinski definition) is 1. The van der Waals surface area contributed by atoms with E-state index in [2.05, 4.69) is 4.98 Å². The summed E-state index contributed by atoms with van der Waals surface area (Å²) in [4.78, 5) is 43.4. The van der Waals surface area contributed by atoms with Crippen LogP contribution in [0, 0.1) is 6.92 Å². The fraction of sp³-hybridized carbons (Fsp3) is 0.150. The number of carbonyl (C=O) groups is 3. The Morgan fingerprint density at radius 2 is 1.73 bits per heavy atom. The Morgan fingerprint density at radius 1 is 1.04 bits per heavy atom. The van der Waals surface area contributed by atoms with Crippen LogP contribution in [0.4, 0.5) is 10.5 Å². The summed E-state index contributed by atoms with van der Waals surface area (Å²) in [6, 6.07) is 16.0. The Hall–Kier alpha value is -3.41. The highest BCUT2D eigenvalue weighted by molar-refractivity contribution is 6.17. The van der Waals surface area contributed by atoms with Crippen molar-refractivity contribution in [2.45, 2.75) is 6.92 Å². The first-order chi connectivity index (χ1) is 12.6. The van der Waals surface area contributed by atoms with Crippen LogP contribution in [0.1, 0.15) is 16.1 Å². The van der Waals surface area contributed by atoms with Crippen LogP contribution >= 0.6 is 0 Å². The number of aryl methyl sites for hydroxylation is 1. The largest absolute Gasteiger partial charge is 0.358 e. The molecule has 1 fully saturated rings. The summed E-state index contributed by atoms with van der Waals surface area (Å²) in [5.41, 5.74) is 2.76. The van der Waals surface area contributed by atoms with Crippen molar-refractivity contribution in [1.29, 1.82) is 0 Å². The lowest BCUT2D eigenvalue weighted by molar-refractivity contribution is -0.124. The van der Waals surface area contributed by atoms with Gasteiger partial charge in [-0.15, -0.1) is 0 Å². The number of fused-ring (bicyclic) bond motifs is 1. The summed E-state index contributed by atoms with van der Waals surface area (Å²) in [6.45, 7) is 1.50. The second-order valence-corrected chi connectivity index (χ2v) is 6.28. The van der Waals surface area contributed by atoms with Crippen molar-refractivity contribution in [3.05, 3.63) is 65.9 Å². The number of nitrogens with one attached hydrogen (secondary N) is 1. The summed E-state index contributed by atoms with van der Waals surface area (Å²) in [7, 11) is 0. The molecule has 1 aliphatic rings. The van der Waals surface area contributed by atoms with Gasteiger partial charge in [0.15, 0.2) is 5.78 Å². The van der Waals surface area contributed by atoms with Gasteiger partial charge in [-0.2, -0.15) is 0 Å². The molecule has 1 aromatic heterocycles. The fourth-order valence-electron chi connectivity index (χ4n) is 3.36. The number of ketones is 1. The minimum atomic E-state index is -0.466. The van der Waals surface area contributed by atoms with Gasteiger partial charge in [0.1, 0.15) is 6.54 Å². The standard InChI is InChI=1S/C20H17N3O3/c1-13-19(15-9-5-6-10-16(15)21-13)17(24)11-23-18(25)12-22(20(23)26)14-7-3-2-4-8-14/h2-10,21H,11-12H2,1H3. The number of H-pyrrole nitrogens is 1. The van der Waals surface area contributed by atoms with Gasteiger partial charge in [0.2, 0.25) is 0 Å². The summed E-state index contributed by atoms with van der Waals surface area (Å²) < 4.78 is 0. The van der Waals surface area contributed by atoms with Crippen LogP contribution in [0.5, 0.6) is 0 Å². The molecule has 1 N–H and O–H groups in total. The number of para-hydroxylation sites is 2. The fourth-order valence-corrected chi connectivity index (χ4v) is 3.36. The first-order valence-corrected chi connectivity index (χ1v) is 8.33. The van der Waals surface area contributed by atoms with Crippen molar-refractivity contribution in [2.75, 3.05) is 18.0 Å². The van der Waals surface area contributed by atoms with E-state index in [1.807, 2.05) is 37.3 Å². The van der Waals surface area contributed by atoms with E-state index in [9.17, 15) is 14.4 Å². The molecule has 0 bridgehead atoms. The second kappa shape index (κ2) is 6.15. The third kappa shape index (κ3) is 2.56. The number of aromatic amines is 1. The second-order valence-electron chi connectivity index (χ2n) is 6.28. The van der Waals surface area contributed by atoms with Crippen molar-refractivity contribution in [3.63, 3.8) is 0 Å². The number of rotatable bonds is 4. The van der Waals surface area contributed by atoms with E-state index in [4.69, 9.17) is 0 Å². The average molecular weight is 347 g/mol. The molecule has 26 heavy (non-hydrogen) atoms. The molecule has 0 atom stereocenters. The van der Waals surface area contributed by atoms with Gasteiger partial charge >= 0.3 is 6.03 Å². The van der Waals surface area contributed by atoms with Gasteiger partial charge in [0.25, 0.3) is 5.91 Å². The van der Waals surface area contributed by atoms with Crippen molar-refractivity contribution in [1.82, 2.24) is 9.88 Å². The van der Waals surface area contributed by atoms with Gasteiger partial charge in [-0.05, 0) is 25.1 Å². The first-order valence-electron chi connectivity index (χ1n) is 8.33. The number of hydrogen-bond acceptors (Lipinski definition) is 3. The van der Waals surface area contributed by atoms with Crippen molar-refractivity contribution >= 4 is 34.3 Å². The summed E-state index contributed by atoms with van der Waals surface area (Å²) in [5.74, 6) is -0.624. The number of benzene rings is 2. The SMILES string of the molecule is Cc1[nH]c2ccccc2c1C(=O)CN1C(=O)CN(c2ccccc2)C1=O. The number of urea groups is 1. The molecule has 6 heteroatoms. The van der Waals surface area contributed by atoms with Gasteiger partial charge in [0.05, 0.1) is 6.54 Å². The van der Waals surface area contributed by atoms with Gasteiger partial charge < -0.3 is 4.98 Å². The van der Waals surface area contributed by atoms with E-state index >= 15 is 0 Å². The molecule has 0 unspecified atom stereocenters. The Kier molecular flexibility index (Phi) is 3.80. The number of imide groups is 1. The van der Waals surface area contributed by atoms with E-state index in [1.165, 1.54) is 4.90 Å². The van der Waals surface area contributed by atoms with Gasteiger partial charge in [0, 0.05) is 27.8 Å². The molecule has 1 aliphatic heterocycles. The molecule has 1 saturated heterocycles. The van der Waals surface area contributed by atoms with E-state index in [-0.39, 0.29) is 24.8 Å². The number of amides is 3. The lowest BCUT2D eigenvalue weighted by atomic mass is 10.1. The quantitative estimate of drug-likeness (QED) is 0.582. The minimum absolute atomic E-state index is 0.0526. The highest BCUT2D eigenvalue weighted by Gasteiger charge is 2.38. The molecule has 0 spiro atoms. The summed E-state index contributed by atoms with van der Waals surface area (Å²) in [5, 5.41) is 0.800. The normalized spacial score (nSPS) is 14.5. The zero-order valence-electron chi connectivity index (χ0n) is 14.2. The third-order valence-corrected chi connectivity index (χ3v) is 4.60. The van der Waals surface area contributed by atoms with Crippen LogP contribution in [-0.2, 0) is 4.79 Å². The number of Topliss-reactive ketones (excluding diaryl/α,β-unsaturated/α-hetero) is 1. The molecular formula is C20H17N3O3. The molecule has 0 radical (unpaired) electrons. The lowest BCUT2D eigenvalue weighted by Gasteiger charge is -2.16. The maximum absolute atomic E-state index is 12.8. The topological polar surface area (TPSA) is 73.5 Å². The van der Waals surface area contributed by atoms with E-state index in [1.54, 1.807) is 24.3 Å². The average Bonchev–Trinajstić information content (AvgIpc) is 3.13. The smallest absolute Gasteiger partial charge is 0.332 e. The van der Waals surface area contributed by atoms with Crippen molar-refractivity contribution in [2.24, 2.45) is 0 Å². The monoisotopic (exact) mass is 347 g/mol. The highest BCUT2D eigenvalue weighted by Crippen LogP contribution is 2.24. The summed E-state index contributed by atoms with van der Waals surface area (Å²) in [6.07, 6.45) is 0. The van der Waals surface area contributed by atoms with Crippen LogP contribution in [0.3, 0.4) is 0 Å². The van der Waals surface area contributed by atoms with Gasteiger partial charge in [-0.3, -0.25) is 19.4 Å². The molecule has 0 saturated carbocycles. The number of anilines is 1. The van der Waals surface area contributed by atoms with Crippen LogP contribution in [0.25, 0.3) is 10.9 Å². The number of carbonyl (C=O) groups excluding carboxylic acids is 3. The van der Waals surface area contributed by atoms with Gasteiger partial charge in [-0.1, -0.05) is 36.4 Å². The first kappa shape index (κ1) is 16.1. The molecule has 0 aliphatic carbocycles. The lowest BCUT2D eigenvalue weighted by Crippen LogP contribution is -2.37. The molecule has 2 aromatic carbocycles. The van der Waals surface area contributed by atoms with Crippen LogP contribution in [0.15, 0.2) is 54.6 Å². The predicted octanol–water partition coefficient (Wildman–Crippen LogP) is 3.13. The maximum atomic E-state index is 12.8.